The zero-order valence-corrected chi connectivity index (χ0v) is 18.8. The zero-order chi connectivity index (χ0) is 22.0. The van der Waals surface area contributed by atoms with Crippen LogP contribution >= 0.6 is 11.6 Å². The molecule has 0 bridgehead atoms. The van der Waals surface area contributed by atoms with E-state index < -0.39 is 6.10 Å². The van der Waals surface area contributed by atoms with E-state index in [4.69, 9.17) is 11.6 Å². The molecule has 2 aliphatic carbocycles. The molecule has 1 amide bonds. The van der Waals surface area contributed by atoms with E-state index >= 15 is 0 Å². The Labute approximate surface area is 189 Å². The first-order chi connectivity index (χ1) is 14.9. The minimum Gasteiger partial charge on any atom is -0.390 e. The van der Waals surface area contributed by atoms with Gasteiger partial charge in [-0.3, -0.25) is 4.79 Å². The van der Waals surface area contributed by atoms with Gasteiger partial charge in [0.15, 0.2) is 0 Å². The zero-order valence-electron chi connectivity index (χ0n) is 18.1. The molecule has 2 N–H and O–H groups in total. The van der Waals surface area contributed by atoms with E-state index in [1.54, 1.807) is 6.07 Å². The molecule has 31 heavy (non-hydrogen) atoms. The summed E-state index contributed by atoms with van der Waals surface area (Å²) in [6, 6.07) is 4.55. The van der Waals surface area contributed by atoms with Gasteiger partial charge >= 0.3 is 0 Å². The average molecular weight is 447 g/mol. The predicted octanol–water partition coefficient (Wildman–Crippen LogP) is 3.82. The van der Waals surface area contributed by atoms with Crippen LogP contribution in [0.3, 0.4) is 0 Å². The van der Waals surface area contributed by atoms with Gasteiger partial charge in [0, 0.05) is 29.8 Å². The maximum Gasteiger partial charge on any atom is 0.220 e. The van der Waals surface area contributed by atoms with E-state index in [1.807, 2.05) is 31.2 Å². The van der Waals surface area contributed by atoms with E-state index in [0.717, 1.165) is 54.9 Å². The lowest BCUT2D eigenvalue weighted by atomic mass is 9.82. The highest BCUT2D eigenvalue weighted by molar-refractivity contribution is 6.30. The average Bonchev–Trinajstić information content (AvgIpc) is 3.38. The van der Waals surface area contributed by atoms with Gasteiger partial charge < -0.3 is 15.3 Å². The molecule has 0 spiro atoms. The molecule has 1 aliphatic heterocycles. The van der Waals surface area contributed by atoms with Crippen LogP contribution in [-0.2, 0) is 17.6 Å². The number of nitrogens with one attached hydrogen (secondary N) is 1. The molecule has 168 valence electrons. The lowest BCUT2D eigenvalue weighted by molar-refractivity contribution is -0.124. The van der Waals surface area contributed by atoms with Gasteiger partial charge in [-0.15, -0.1) is 0 Å². The van der Waals surface area contributed by atoms with Crippen molar-refractivity contribution in [1.29, 1.82) is 0 Å². The number of rotatable bonds is 7. The van der Waals surface area contributed by atoms with E-state index in [2.05, 4.69) is 10.2 Å². The Morgan fingerprint density at radius 2 is 2.03 bits per heavy atom. The van der Waals surface area contributed by atoms with Gasteiger partial charge in [0.25, 0.3) is 0 Å². The molecule has 0 saturated carbocycles. The summed E-state index contributed by atoms with van der Waals surface area (Å²) in [6.07, 6.45) is 9.25. The standard InChI is InChI=1S/C25H32ClFN2O2/c1-16-21(5-4-6-22(16)26)25(31)23(15-29-9-2-3-10-29)28-24(30)13-17-11-18-7-8-20(27)14-19(18)12-17/h4-8,14,16-17,21,23,25,31H,2-3,9-13,15H2,1H3,(H,28,30)/t16?,17?,21?,23-,25-/m1/s1. The van der Waals surface area contributed by atoms with Crippen LogP contribution in [0.4, 0.5) is 4.39 Å². The topological polar surface area (TPSA) is 52.6 Å². The van der Waals surface area contributed by atoms with Crippen LogP contribution in [0.25, 0.3) is 0 Å². The second-order valence-electron chi connectivity index (χ2n) is 9.37. The molecule has 0 radical (unpaired) electrons. The number of amides is 1. The Kier molecular flexibility index (Phi) is 7.15. The Bertz CT molecular complexity index is 865. The summed E-state index contributed by atoms with van der Waals surface area (Å²) in [5.41, 5.74) is 2.14. The Balaban J connectivity index is 1.40. The molecule has 4 rings (SSSR count). The molecule has 1 heterocycles. The molecule has 1 aromatic rings. The van der Waals surface area contributed by atoms with Crippen LogP contribution in [0.2, 0.25) is 0 Å². The van der Waals surface area contributed by atoms with Crippen molar-refractivity contribution >= 4 is 17.5 Å². The van der Waals surface area contributed by atoms with Crippen molar-refractivity contribution in [2.45, 2.75) is 51.2 Å². The molecule has 3 unspecified atom stereocenters. The molecule has 5 atom stereocenters. The number of aliphatic hydroxyl groups excluding tert-OH is 1. The van der Waals surface area contributed by atoms with Gasteiger partial charge in [-0.05, 0) is 74.0 Å². The maximum atomic E-state index is 13.5. The molecule has 4 nitrogen and oxygen atoms in total. The fourth-order valence-electron chi connectivity index (χ4n) is 5.29. The molecule has 1 saturated heterocycles. The highest BCUT2D eigenvalue weighted by atomic mass is 35.5. The highest BCUT2D eigenvalue weighted by Gasteiger charge is 2.35. The minimum absolute atomic E-state index is 0.0128. The monoisotopic (exact) mass is 446 g/mol. The Morgan fingerprint density at radius 3 is 2.81 bits per heavy atom. The number of carbonyl (C=O) groups is 1. The van der Waals surface area contributed by atoms with Crippen molar-refractivity contribution in [3.8, 4) is 0 Å². The first kappa shape index (κ1) is 22.5. The number of allylic oxidation sites excluding steroid dienone is 3. The number of likely N-dealkylation sites (tertiary alicyclic amines) is 1. The number of hydrogen-bond acceptors (Lipinski definition) is 3. The summed E-state index contributed by atoms with van der Waals surface area (Å²) in [5, 5.41) is 15.1. The molecule has 1 fully saturated rings. The number of hydrogen-bond donors (Lipinski definition) is 2. The summed E-state index contributed by atoms with van der Waals surface area (Å²) in [4.78, 5) is 15.3. The molecule has 1 aromatic carbocycles. The van der Waals surface area contributed by atoms with Crippen molar-refractivity contribution in [3.05, 3.63) is 58.4 Å². The van der Waals surface area contributed by atoms with Crippen LogP contribution in [0.15, 0.2) is 41.5 Å². The Hall–Kier alpha value is -1.69. The van der Waals surface area contributed by atoms with Crippen molar-refractivity contribution in [2.75, 3.05) is 19.6 Å². The van der Waals surface area contributed by atoms with Crippen LogP contribution in [0, 0.1) is 23.6 Å². The summed E-state index contributed by atoms with van der Waals surface area (Å²) in [6.45, 7) is 4.65. The third-order valence-corrected chi connectivity index (χ3v) is 7.54. The number of carbonyl (C=O) groups excluding carboxylic acids is 1. The fraction of sp³-hybridized carbons (Fsp3) is 0.560. The summed E-state index contributed by atoms with van der Waals surface area (Å²) in [5.74, 6) is -0.217. The summed E-state index contributed by atoms with van der Waals surface area (Å²) in [7, 11) is 0. The van der Waals surface area contributed by atoms with Crippen molar-refractivity contribution in [3.63, 3.8) is 0 Å². The normalized spacial score (nSPS) is 27.6. The second kappa shape index (κ2) is 9.85. The Morgan fingerprint density at radius 1 is 1.29 bits per heavy atom. The molecular weight excluding hydrogens is 415 g/mol. The highest BCUT2D eigenvalue weighted by Crippen LogP contribution is 2.33. The van der Waals surface area contributed by atoms with Crippen molar-refractivity contribution < 1.29 is 14.3 Å². The SMILES string of the molecule is CC1C(Cl)=CC=CC1[C@@H](O)[C@@H](CN1CCCC1)NC(=O)CC1Cc2ccc(F)cc2C1. The minimum atomic E-state index is -0.715. The van der Waals surface area contributed by atoms with Crippen molar-refractivity contribution in [1.82, 2.24) is 10.2 Å². The van der Waals surface area contributed by atoms with Gasteiger partial charge in [0.2, 0.25) is 5.91 Å². The first-order valence-electron chi connectivity index (χ1n) is 11.4. The van der Waals surface area contributed by atoms with E-state index in [-0.39, 0.29) is 35.5 Å². The van der Waals surface area contributed by atoms with E-state index in [9.17, 15) is 14.3 Å². The number of halogens is 2. The summed E-state index contributed by atoms with van der Waals surface area (Å²) >= 11 is 6.33. The second-order valence-corrected chi connectivity index (χ2v) is 9.80. The molecule has 0 aromatic heterocycles. The van der Waals surface area contributed by atoms with Gasteiger partial charge in [-0.2, -0.15) is 0 Å². The summed E-state index contributed by atoms with van der Waals surface area (Å²) < 4.78 is 13.5. The lowest BCUT2D eigenvalue weighted by Crippen LogP contribution is -2.53. The van der Waals surface area contributed by atoms with E-state index in [1.165, 1.54) is 6.07 Å². The third-order valence-electron chi connectivity index (χ3n) is 7.07. The predicted molar refractivity (Wildman–Crippen MR) is 121 cm³/mol. The van der Waals surface area contributed by atoms with E-state index in [0.29, 0.717) is 13.0 Å². The number of aliphatic hydroxyl groups is 1. The van der Waals surface area contributed by atoms with Crippen molar-refractivity contribution in [2.24, 2.45) is 17.8 Å². The lowest BCUT2D eigenvalue weighted by Gasteiger charge is -2.35. The first-order valence-corrected chi connectivity index (χ1v) is 11.8. The number of benzene rings is 1. The van der Waals surface area contributed by atoms with Crippen LogP contribution in [-0.4, -0.2) is 47.7 Å². The van der Waals surface area contributed by atoms with Crippen LogP contribution in [0.1, 0.15) is 37.3 Å². The van der Waals surface area contributed by atoms with Gasteiger partial charge in [0.1, 0.15) is 5.82 Å². The molecular formula is C25H32ClFN2O2. The number of nitrogens with zero attached hydrogens (tertiary/aromatic N) is 1. The molecule has 3 aliphatic rings. The number of fused-ring (bicyclic) bond motifs is 1. The van der Waals surface area contributed by atoms with Crippen LogP contribution < -0.4 is 5.32 Å². The maximum absolute atomic E-state index is 13.5. The smallest absolute Gasteiger partial charge is 0.220 e. The third kappa shape index (κ3) is 5.39. The quantitative estimate of drug-likeness (QED) is 0.669. The van der Waals surface area contributed by atoms with Gasteiger partial charge in [0.05, 0.1) is 12.1 Å². The van der Waals surface area contributed by atoms with Crippen LogP contribution in [0.5, 0.6) is 0 Å². The van der Waals surface area contributed by atoms with Gasteiger partial charge in [-0.25, -0.2) is 4.39 Å². The van der Waals surface area contributed by atoms with Gasteiger partial charge in [-0.1, -0.05) is 36.7 Å². The fourth-order valence-corrected chi connectivity index (χ4v) is 5.51. The molecule has 6 heteroatoms. The largest absolute Gasteiger partial charge is 0.390 e.